The number of thioether (sulfide) groups is 1. The quantitative estimate of drug-likeness (QED) is 0.543. The zero-order chi connectivity index (χ0) is 16.9. The summed E-state index contributed by atoms with van der Waals surface area (Å²) in [5.41, 5.74) is 1.96. The Morgan fingerprint density at radius 2 is 2.04 bits per heavy atom. The average molecular weight is 441 g/mol. The van der Waals surface area contributed by atoms with Gasteiger partial charge in [-0.25, -0.2) is 9.97 Å². The van der Waals surface area contributed by atoms with Crippen molar-refractivity contribution in [2.75, 3.05) is 11.1 Å². The van der Waals surface area contributed by atoms with Gasteiger partial charge in [0.25, 0.3) is 0 Å². The molecule has 0 aliphatic heterocycles. The molecule has 0 unspecified atom stereocenters. The minimum atomic E-state index is -0.129. The maximum absolute atomic E-state index is 12.0. The molecule has 3 aromatic rings. The molecule has 8 heteroatoms. The lowest BCUT2D eigenvalue weighted by atomic mass is 10.2. The SMILES string of the molecule is O=C(CSc1nc(-c2ccc(Br)cc2)cs1)Nc1ccc(Cl)cn1. The number of carbonyl (C=O) groups is 1. The average Bonchev–Trinajstić information content (AvgIpc) is 3.05. The number of aromatic nitrogens is 2. The second-order valence-corrected chi connectivity index (χ2v) is 8.14. The van der Waals surface area contributed by atoms with Gasteiger partial charge in [0.05, 0.1) is 16.5 Å². The number of thiazole rings is 1. The molecule has 0 bridgehead atoms. The molecule has 4 nitrogen and oxygen atoms in total. The molecule has 2 heterocycles. The minimum absolute atomic E-state index is 0.129. The summed E-state index contributed by atoms with van der Waals surface area (Å²) in [6.45, 7) is 0. The predicted molar refractivity (Wildman–Crippen MR) is 104 cm³/mol. The summed E-state index contributed by atoms with van der Waals surface area (Å²) in [6, 6.07) is 11.3. The number of amides is 1. The second kappa shape index (κ2) is 8.11. The van der Waals surface area contributed by atoms with Gasteiger partial charge in [-0.05, 0) is 24.3 Å². The van der Waals surface area contributed by atoms with E-state index in [4.69, 9.17) is 11.6 Å². The number of nitrogens with zero attached hydrogens (tertiary/aromatic N) is 2. The van der Waals surface area contributed by atoms with Crippen LogP contribution in [-0.2, 0) is 4.79 Å². The molecular weight excluding hydrogens is 430 g/mol. The van der Waals surface area contributed by atoms with Crippen molar-refractivity contribution < 1.29 is 4.79 Å². The Morgan fingerprint density at radius 1 is 1.25 bits per heavy atom. The van der Waals surface area contributed by atoms with Crippen LogP contribution in [-0.4, -0.2) is 21.6 Å². The van der Waals surface area contributed by atoms with E-state index in [0.717, 1.165) is 20.1 Å². The first kappa shape index (κ1) is 17.4. The highest BCUT2D eigenvalue weighted by molar-refractivity contribution is 9.10. The van der Waals surface area contributed by atoms with Crippen LogP contribution >= 0.6 is 50.6 Å². The van der Waals surface area contributed by atoms with Crippen molar-refractivity contribution in [2.24, 2.45) is 0 Å². The van der Waals surface area contributed by atoms with Crippen molar-refractivity contribution in [2.45, 2.75) is 4.34 Å². The van der Waals surface area contributed by atoms with Gasteiger partial charge in [-0.2, -0.15) is 0 Å². The molecule has 1 aromatic carbocycles. The summed E-state index contributed by atoms with van der Waals surface area (Å²) >= 11 is 12.1. The summed E-state index contributed by atoms with van der Waals surface area (Å²) in [6.07, 6.45) is 1.50. The Balaban J connectivity index is 1.56. The third-order valence-electron chi connectivity index (χ3n) is 2.94. The third kappa shape index (κ3) is 4.80. The lowest BCUT2D eigenvalue weighted by Gasteiger charge is -2.03. The standard InChI is InChI=1S/C16H11BrClN3OS2/c17-11-3-1-10(2-4-11)13-8-23-16(20-13)24-9-15(22)21-14-6-5-12(18)7-19-14/h1-8H,9H2,(H,19,21,22). The molecule has 0 atom stereocenters. The van der Waals surface area contributed by atoms with E-state index in [0.29, 0.717) is 10.8 Å². The zero-order valence-electron chi connectivity index (χ0n) is 12.2. The highest BCUT2D eigenvalue weighted by Crippen LogP contribution is 2.29. The second-order valence-electron chi connectivity index (χ2n) is 4.70. The van der Waals surface area contributed by atoms with Gasteiger partial charge in [-0.1, -0.05) is 51.4 Å². The van der Waals surface area contributed by atoms with Crippen LogP contribution in [0.25, 0.3) is 11.3 Å². The Kier molecular flexibility index (Phi) is 5.89. The predicted octanol–water partition coefficient (Wildman–Crippen LogP) is 5.35. The molecule has 0 fully saturated rings. The van der Waals surface area contributed by atoms with Gasteiger partial charge in [-0.15, -0.1) is 11.3 Å². The van der Waals surface area contributed by atoms with Crippen molar-refractivity contribution in [3.05, 3.63) is 57.5 Å². The van der Waals surface area contributed by atoms with Crippen LogP contribution in [0.3, 0.4) is 0 Å². The molecule has 1 amide bonds. The van der Waals surface area contributed by atoms with Gasteiger partial charge in [0.15, 0.2) is 4.34 Å². The normalized spacial score (nSPS) is 10.6. The van der Waals surface area contributed by atoms with Crippen LogP contribution in [0.4, 0.5) is 5.82 Å². The summed E-state index contributed by atoms with van der Waals surface area (Å²) in [4.78, 5) is 20.5. The fraction of sp³-hybridized carbons (Fsp3) is 0.0625. The van der Waals surface area contributed by atoms with Crippen molar-refractivity contribution in [1.29, 1.82) is 0 Å². The molecule has 0 radical (unpaired) electrons. The Bertz CT molecular complexity index is 837. The van der Waals surface area contributed by atoms with Gasteiger partial charge in [-0.3, -0.25) is 4.79 Å². The van der Waals surface area contributed by atoms with E-state index in [-0.39, 0.29) is 11.7 Å². The van der Waals surface area contributed by atoms with Gasteiger partial charge >= 0.3 is 0 Å². The minimum Gasteiger partial charge on any atom is -0.310 e. The fourth-order valence-corrected chi connectivity index (χ4v) is 3.84. The Hall–Kier alpha value is -1.41. The van der Waals surface area contributed by atoms with Crippen LogP contribution < -0.4 is 5.32 Å². The van der Waals surface area contributed by atoms with Gasteiger partial charge in [0.2, 0.25) is 5.91 Å². The maximum Gasteiger partial charge on any atom is 0.235 e. The van der Waals surface area contributed by atoms with Gasteiger partial charge < -0.3 is 5.32 Å². The number of pyridine rings is 1. The van der Waals surface area contributed by atoms with Crippen molar-refractivity contribution in [1.82, 2.24) is 9.97 Å². The zero-order valence-corrected chi connectivity index (χ0v) is 16.2. The number of benzene rings is 1. The molecule has 0 aliphatic carbocycles. The molecule has 1 N–H and O–H groups in total. The van der Waals surface area contributed by atoms with Crippen LogP contribution in [0.1, 0.15) is 0 Å². The first-order valence-electron chi connectivity index (χ1n) is 6.86. The molecular formula is C16H11BrClN3OS2. The molecule has 0 saturated heterocycles. The Labute approximate surface area is 160 Å². The molecule has 2 aromatic heterocycles. The van der Waals surface area contributed by atoms with Crippen LogP contribution in [0, 0.1) is 0 Å². The number of rotatable bonds is 5. The van der Waals surface area contributed by atoms with Crippen molar-refractivity contribution >= 4 is 62.4 Å². The molecule has 0 spiro atoms. The van der Waals surface area contributed by atoms with Crippen LogP contribution in [0.2, 0.25) is 5.02 Å². The molecule has 3 rings (SSSR count). The molecule has 0 saturated carbocycles. The number of nitrogens with one attached hydrogen (secondary N) is 1. The van der Waals surface area contributed by atoms with E-state index in [2.05, 4.69) is 31.2 Å². The third-order valence-corrected chi connectivity index (χ3v) is 5.72. The van der Waals surface area contributed by atoms with Crippen LogP contribution in [0.5, 0.6) is 0 Å². The summed E-state index contributed by atoms with van der Waals surface area (Å²) in [7, 11) is 0. The highest BCUT2D eigenvalue weighted by atomic mass is 79.9. The van der Waals surface area contributed by atoms with Gasteiger partial charge in [0.1, 0.15) is 5.82 Å². The van der Waals surface area contributed by atoms with Gasteiger partial charge in [0, 0.05) is 21.6 Å². The Morgan fingerprint density at radius 3 is 2.75 bits per heavy atom. The van der Waals surface area contributed by atoms with E-state index < -0.39 is 0 Å². The smallest absolute Gasteiger partial charge is 0.235 e. The summed E-state index contributed by atoms with van der Waals surface area (Å²) in [5.74, 6) is 0.632. The number of halogens is 2. The summed E-state index contributed by atoms with van der Waals surface area (Å²) in [5, 5.41) is 5.25. The van der Waals surface area contributed by atoms with Crippen molar-refractivity contribution in [3.63, 3.8) is 0 Å². The lowest BCUT2D eigenvalue weighted by Crippen LogP contribution is -2.14. The van der Waals surface area contributed by atoms with E-state index in [1.165, 1.54) is 29.3 Å². The van der Waals surface area contributed by atoms with Crippen molar-refractivity contribution in [3.8, 4) is 11.3 Å². The first-order chi connectivity index (χ1) is 11.6. The highest BCUT2D eigenvalue weighted by Gasteiger charge is 2.09. The number of hydrogen-bond acceptors (Lipinski definition) is 5. The van der Waals surface area contributed by atoms with E-state index in [1.54, 1.807) is 12.1 Å². The lowest BCUT2D eigenvalue weighted by molar-refractivity contribution is -0.113. The topological polar surface area (TPSA) is 54.9 Å². The van der Waals surface area contributed by atoms with E-state index in [9.17, 15) is 4.79 Å². The van der Waals surface area contributed by atoms with E-state index in [1.807, 2.05) is 29.6 Å². The van der Waals surface area contributed by atoms with E-state index >= 15 is 0 Å². The fourth-order valence-electron chi connectivity index (χ4n) is 1.83. The molecule has 122 valence electrons. The maximum atomic E-state index is 12.0. The molecule has 0 aliphatic rings. The largest absolute Gasteiger partial charge is 0.310 e. The number of carbonyl (C=O) groups excluding carboxylic acids is 1. The first-order valence-corrected chi connectivity index (χ1v) is 9.89. The monoisotopic (exact) mass is 439 g/mol. The summed E-state index contributed by atoms with van der Waals surface area (Å²) < 4.78 is 1.88. The number of hydrogen-bond donors (Lipinski definition) is 1. The molecule has 24 heavy (non-hydrogen) atoms. The number of anilines is 1. The van der Waals surface area contributed by atoms with Crippen LogP contribution in [0.15, 0.2) is 56.8 Å².